The molecule has 2 saturated heterocycles. The predicted molar refractivity (Wildman–Crippen MR) is 211 cm³/mol. The number of hydrogen-bond donors (Lipinski definition) is 4. The molecule has 3 unspecified atom stereocenters. The first-order valence-corrected chi connectivity index (χ1v) is 21.0. The van der Waals surface area contributed by atoms with Crippen LogP contribution >= 0.6 is 6.72 Å². The number of aliphatic hydroxyl groups is 2. The van der Waals surface area contributed by atoms with E-state index in [2.05, 4.69) is 40.5 Å². The molecule has 0 aliphatic carbocycles. The van der Waals surface area contributed by atoms with Gasteiger partial charge in [0.05, 0.1) is 45.0 Å². The van der Waals surface area contributed by atoms with Gasteiger partial charge in [0.1, 0.15) is 37.1 Å². The Kier molecular flexibility index (Phi) is 12.4. The summed E-state index contributed by atoms with van der Waals surface area (Å²) in [6, 6.07) is 18.6. The van der Waals surface area contributed by atoms with Crippen LogP contribution in [0.2, 0.25) is 0 Å². The summed E-state index contributed by atoms with van der Waals surface area (Å²) in [4.78, 5) is 50.8. The van der Waals surface area contributed by atoms with Crippen LogP contribution in [0, 0.1) is 11.3 Å². The summed E-state index contributed by atoms with van der Waals surface area (Å²) in [6.07, 6.45) is -8.67. The molecule has 9 atom stereocenters. The molecule has 61 heavy (non-hydrogen) atoms. The van der Waals surface area contributed by atoms with Crippen molar-refractivity contribution in [1.29, 1.82) is 5.26 Å². The molecule has 0 spiro atoms. The van der Waals surface area contributed by atoms with Crippen molar-refractivity contribution in [3.8, 4) is 6.07 Å². The number of alkyl halides is 2. The highest BCUT2D eigenvalue weighted by molar-refractivity contribution is 8.07. The van der Waals surface area contributed by atoms with Gasteiger partial charge in [0.15, 0.2) is 58.8 Å². The molecule has 0 bridgehead atoms. The van der Waals surface area contributed by atoms with Crippen molar-refractivity contribution in [3.05, 3.63) is 97.1 Å². The van der Waals surface area contributed by atoms with Gasteiger partial charge in [0.25, 0.3) is 11.8 Å². The summed E-state index contributed by atoms with van der Waals surface area (Å²) < 4.78 is 64.1. The van der Waals surface area contributed by atoms with Gasteiger partial charge in [0.2, 0.25) is 0 Å². The Hall–Kier alpha value is -5.80. The summed E-state index contributed by atoms with van der Waals surface area (Å²) in [5.41, 5.74) is 1.12. The summed E-state index contributed by atoms with van der Waals surface area (Å²) in [7, 11) is 0. The number of anilines is 2. The van der Waals surface area contributed by atoms with E-state index in [4.69, 9.17) is 34.9 Å². The SMILES string of the molecule is N#CCCOP(=S)(OC[C@H]1O[C@@H](n2cnc3c(NC(=O)c4ccccc4)ncnc32)[C@@H](F)C1O)OC1[C@@H](CO)O[C@@H](n2cnc3c(NC(=O)c4ccccc4)ncnc32)[C@H]1F. The molecule has 2 fully saturated rings. The zero-order valence-electron chi connectivity index (χ0n) is 31.4. The third kappa shape index (κ3) is 8.58. The van der Waals surface area contributed by atoms with E-state index in [1.165, 1.54) is 21.8 Å². The van der Waals surface area contributed by atoms with Crippen molar-refractivity contribution < 1.29 is 51.6 Å². The van der Waals surface area contributed by atoms with Crippen molar-refractivity contribution in [1.82, 2.24) is 39.0 Å². The number of halogens is 2. The fourth-order valence-electron chi connectivity index (χ4n) is 6.67. The lowest BCUT2D eigenvalue weighted by Gasteiger charge is -2.28. The first-order chi connectivity index (χ1) is 29.6. The molecule has 0 radical (unpaired) electrons. The third-order valence-corrected chi connectivity index (χ3v) is 12.0. The Morgan fingerprint density at radius 3 is 1.85 bits per heavy atom. The standard InChI is InChI=1S/C37H34F2N11O9PS/c38-24-28(52)23(58-36(24)49-18-45-26-30(41-16-43-32(26)49)47-34(53)20-8-3-1-4-9-20)15-56-60(61,55-13-7-12-40)59-29-22(14-51)57-37(25(29)39)50-19-46-27-31(42-17-44-33(27)50)48-35(54)21-10-5-2-6-11-21/h1-6,8-11,16-19,22-25,28-29,36-37,51-52H,7,13-15H2,(H,41,43,47,53)(H,42,44,48,54)/t22-,23-,24+,25+,28?,29?,36-,37-,60?/m1/s1. The Morgan fingerprint density at radius 2 is 1.33 bits per heavy atom. The van der Waals surface area contributed by atoms with Crippen LogP contribution in [0.1, 0.15) is 39.6 Å². The summed E-state index contributed by atoms with van der Waals surface area (Å²) in [5, 5.41) is 35.7. The highest BCUT2D eigenvalue weighted by Gasteiger charge is 2.51. The lowest BCUT2D eigenvalue weighted by atomic mass is 10.1. The topological polar surface area (TPSA) is 256 Å². The highest BCUT2D eigenvalue weighted by Crippen LogP contribution is 2.55. The number of benzene rings is 2. The van der Waals surface area contributed by atoms with E-state index in [0.717, 1.165) is 12.7 Å². The number of rotatable bonds is 15. The molecular weight excluding hydrogens is 844 g/mol. The van der Waals surface area contributed by atoms with Crippen molar-refractivity contribution in [2.24, 2.45) is 0 Å². The van der Waals surface area contributed by atoms with Crippen molar-refractivity contribution in [2.45, 2.75) is 55.6 Å². The maximum atomic E-state index is 16.5. The van der Waals surface area contributed by atoms with E-state index < -0.39 is 81.0 Å². The molecule has 8 rings (SSSR count). The molecule has 6 heterocycles. The number of aromatic nitrogens is 8. The summed E-state index contributed by atoms with van der Waals surface area (Å²) in [6.45, 7) is -5.77. The van der Waals surface area contributed by atoms with Crippen molar-refractivity contribution in [2.75, 3.05) is 30.5 Å². The number of imidazole rings is 2. The maximum absolute atomic E-state index is 16.5. The van der Waals surface area contributed by atoms with Gasteiger partial charge in [-0.3, -0.25) is 23.2 Å². The molecule has 2 aromatic carbocycles. The molecule has 316 valence electrons. The van der Waals surface area contributed by atoms with Gasteiger partial charge in [-0.1, -0.05) is 36.4 Å². The predicted octanol–water partition coefficient (Wildman–Crippen LogP) is 3.55. The molecule has 0 saturated carbocycles. The molecule has 4 N–H and O–H groups in total. The smallest absolute Gasteiger partial charge is 0.327 e. The number of amides is 2. The second-order valence-electron chi connectivity index (χ2n) is 13.5. The van der Waals surface area contributed by atoms with E-state index in [-0.39, 0.29) is 47.0 Å². The Bertz CT molecular complexity index is 2630. The van der Waals surface area contributed by atoms with Crippen LogP contribution < -0.4 is 10.6 Å². The number of fused-ring (bicyclic) bond motifs is 2. The fraction of sp³-hybridized carbons (Fsp3) is 0.324. The zero-order chi connectivity index (χ0) is 42.7. The maximum Gasteiger partial charge on any atom is 0.327 e. The normalized spacial score (nSPS) is 24.7. The molecule has 4 aromatic heterocycles. The van der Waals surface area contributed by atoms with E-state index in [1.54, 1.807) is 60.7 Å². The third-order valence-electron chi connectivity index (χ3n) is 9.65. The van der Waals surface area contributed by atoms with E-state index in [9.17, 15) is 25.1 Å². The Balaban J connectivity index is 0.971. The molecule has 6 aromatic rings. The van der Waals surface area contributed by atoms with Gasteiger partial charge in [0, 0.05) is 11.1 Å². The average molecular weight is 878 g/mol. The molecule has 2 aliphatic rings. The van der Waals surface area contributed by atoms with E-state index in [1.807, 2.05) is 6.07 Å². The van der Waals surface area contributed by atoms with Crippen LogP contribution in [-0.4, -0.2) is 118 Å². The number of nitrogens with zero attached hydrogens (tertiary/aromatic N) is 9. The van der Waals surface area contributed by atoms with Crippen molar-refractivity contribution in [3.63, 3.8) is 0 Å². The first-order valence-electron chi connectivity index (χ1n) is 18.5. The number of carbonyl (C=O) groups is 2. The van der Waals surface area contributed by atoms with Crippen LogP contribution in [0.25, 0.3) is 22.3 Å². The van der Waals surface area contributed by atoms with Crippen molar-refractivity contribution >= 4 is 64.3 Å². The molecule has 20 nitrogen and oxygen atoms in total. The Labute approximate surface area is 348 Å². The minimum atomic E-state index is -4.09. The largest absolute Gasteiger partial charge is 0.394 e. The number of hydrogen-bond acceptors (Lipinski definition) is 17. The second kappa shape index (κ2) is 18.0. The van der Waals surface area contributed by atoms with Gasteiger partial charge >= 0.3 is 6.72 Å². The lowest BCUT2D eigenvalue weighted by molar-refractivity contribution is -0.0537. The molecule has 2 amide bonds. The zero-order valence-corrected chi connectivity index (χ0v) is 33.1. The van der Waals surface area contributed by atoms with Gasteiger partial charge in [-0.05, 0) is 36.1 Å². The summed E-state index contributed by atoms with van der Waals surface area (Å²) in [5.74, 6) is -0.833. The first kappa shape index (κ1) is 41.9. The van der Waals surface area contributed by atoms with Gasteiger partial charge < -0.3 is 39.4 Å². The van der Waals surface area contributed by atoms with Crippen LogP contribution in [0.5, 0.6) is 0 Å². The number of carbonyl (C=O) groups excluding carboxylic acids is 2. The monoisotopic (exact) mass is 877 g/mol. The lowest BCUT2D eigenvalue weighted by Crippen LogP contribution is -2.34. The summed E-state index contributed by atoms with van der Waals surface area (Å²) >= 11 is 5.63. The number of ether oxygens (including phenoxy) is 2. The van der Waals surface area contributed by atoms with Gasteiger partial charge in [-0.15, -0.1) is 0 Å². The highest BCUT2D eigenvalue weighted by atomic mass is 32.5. The van der Waals surface area contributed by atoms with E-state index in [0.29, 0.717) is 11.1 Å². The molecular formula is C37H34F2N11O9PS. The minimum Gasteiger partial charge on any atom is -0.394 e. The molecule has 24 heteroatoms. The minimum absolute atomic E-state index is 0.0490. The van der Waals surface area contributed by atoms with Crippen LogP contribution in [0.3, 0.4) is 0 Å². The van der Waals surface area contributed by atoms with E-state index >= 15 is 8.78 Å². The van der Waals surface area contributed by atoms with Gasteiger partial charge in [-0.25, -0.2) is 38.7 Å². The molecule has 2 aliphatic heterocycles. The fourth-order valence-corrected chi connectivity index (χ4v) is 8.76. The second-order valence-corrected chi connectivity index (χ2v) is 16.4. The number of aliphatic hydroxyl groups excluding tert-OH is 2. The van der Waals surface area contributed by atoms with Gasteiger partial charge in [-0.2, -0.15) is 5.26 Å². The van der Waals surface area contributed by atoms with Crippen LogP contribution in [-0.2, 0) is 34.9 Å². The van der Waals surface area contributed by atoms with Crippen LogP contribution in [0.4, 0.5) is 20.4 Å². The average Bonchev–Trinajstić information content (AvgIpc) is 4.05. The quantitative estimate of drug-likeness (QED) is 0.0850. The number of nitriles is 1. The Morgan fingerprint density at radius 1 is 0.803 bits per heavy atom. The number of nitrogens with one attached hydrogen (secondary N) is 2. The van der Waals surface area contributed by atoms with Crippen LogP contribution in [0.15, 0.2) is 86.0 Å².